The van der Waals surface area contributed by atoms with Crippen LogP contribution < -0.4 is 4.90 Å². The smallest absolute Gasteiger partial charge is 0.424 e. The van der Waals surface area contributed by atoms with Crippen molar-refractivity contribution >= 4 is 17.9 Å². The highest BCUT2D eigenvalue weighted by Crippen LogP contribution is 2.22. The summed E-state index contributed by atoms with van der Waals surface area (Å²) in [5, 5.41) is 9.24. The molecule has 6 heteroatoms. The maximum atomic E-state index is 12.4. The van der Waals surface area contributed by atoms with Crippen molar-refractivity contribution in [3.63, 3.8) is 0 Å². The monoisotopic (exact) mass is 323 g/mol. The number of nitrogens with zero attached hydrogens (tertiary/aromatic N) is 1. The first-order valence-corrected chi connectivity index (χ1v) is 7.39. The van der Waals surface area contributed by atoms with Gasteiger partial charge in [-0.05, 0) is 59.2 Å². The van der Waals surface area contributed by atoms with Crippen molar-refractivity contribution in [3.05, 3.63) is 29.8 Å². The maximum Gasteiger partial charge on any atom is 0.424 e. The number of anilines is 1. The number of hydrogen-bond acceptors (Lipinski definition) is 5. The van der Waals surface area contributed by atoms with Crippen molar-refractivity contribution in [1.29, 1.82) is 0 Å². The summed E-state index contributed by atoms with van der Waals surface area (Å²) in [6.07, 6.45) is -1.66. The SMILES string of the molecule is CC(C)(C)OC(=O)N(C(=O)OC(C)(C)C)c1cccc(CO)c1. The zero-order chi connectivity index (χ0) is 17.8. The molecule has 0 radical (unpaired) electrons. The third-order valence-corrected chi connectivity index (χ3v) is 2.50. The lowest BCUT2D eigenvalue weighted by molar-refractivity contribution is 0.0430. The average molecular weight is 323 g/mol. The molecule has 1 aromatic carbocycles. The van der Waals surface area contributed by atoms with E-state index in [-0.39, 0.29) is 12.3 Å². The lowest BCUT2D eigenvalue weighted by Crippen LogP contribution is -2.43. The lowest BCUT2D eigenvalue weighted by Gasteiger charge is -2.28. The summed E-state index contributed by atoms with van der Waals surface area (Å²) in [6, 6.07) is 6.44. The Morgan fingerprint density at radius 3 is 1.87 bits per heavy atom. The molecule has 0 unspecified atom stereocenters. The third-order valence-electron chi connectivity index (χ3n) is 2.50. The van der Waals surface area contributed by atoms with Crippen molar-refractivity contribution in [3.8, 4) is 0 Å². The van der Waals surface area contributed by atoms with E-state index in [0.29, 0.717) is 5.56 Å². The van der Waals surface area contributed by atoms with E-state index in [1.54, 1.807) is 59.7 Å². The zero-order valence-corrected chi connectivity index (χ0v) is 14.5. The Balaban J connectivity index is 3.19. The number of rotatable bonds is 2. The van der Waals surface area contributed by atoms with Crippen molar-refractivity contribution in [2.24, 2.45) is 0 Å². The highest BCUT2D eigenvalue weighted by molar-refractivity contribution is 6.09. The standard InChI is InChI=1S/C17H25NO5/c1-16(2,3)22-14(20)18(15(21)23-17(4,5)6)13-9-7-8-12(10-13)11-19/h7-10,19H,11H2,1-6H3. The summed E-state index contributed by atoms with van der Waals surface area (Å²) in [6.45, 7) is 10.1. The van der Waals surface area contributed by atoms with Gasteiger partial charge in [-0.1, -0.05) is 12.1 Å². The second-order valence-electron chi connectivity index (χ2n) is 7.12. The van der Waals surface area contributed by atoms with Crippen molar-refractivity contribution in [2.75, 3.05) is 4.90 Å². The summed E-state index contributed by atoms with van der Waals surface area (Å²) < 4.78 is 10.6. The van der Waals surface area contributed by atoms with Crippen molar-refractivity contribution < 1.29 is 24.2 Å². The fraction of sp³-hybridized carbons (Fsp3) is 0.529. The Kier molecular flexibility index (Phi) is 5.77. The quantitative estimate of drug-likeness (QED) is 0.894. The molecular formula is C17H25NO5. The van der Waals surface area contributed by atoms with Crippen LogP contribution in [-0.2, 0) is 16.1 Å². The molecule has 0 bridgehead atoms. The number of carbonyl (C=O) groups is 2. The van der Waals surface area contributed by atoms with Crippen molar-refractivity contribution in [1.82, 2.24) is 0 Å². The Morgan fingerprint density at radius 1 is 1.00 bits per heavy atom. The van der Waals surface area contributed by atoms with Crippen LogP contribution in [-0.4, -0.2) is 28.5 Å². The lowest BCUT2D eigenvalue weighted by atomic mass is 10.2. The molecule has 1 aromatic rings. The van der Waals surface area contributed by atoms with Crippen LogP contribution in [0.5, 0.6) is 0 Å². The minimum atomic E-state index is -0.832. The van der Waals surface area contributed by atoms with Crippen LogP contribution in [0, 0.1) is 0 Å². The molecule has 1 N–H and O–H groups in total. The molecule has 0 saturated heterocycles. The van der Waals surface area contributed by atoms with Gasteiger partial charge in [0.1, 0.15) is 11.2 Å². The zero-order valence-electron chi connectivity index (χ0n) is 14.5. The summed E-state index contributed by atoms with van der Waals surface area (Å²) in [4.78, 5) is 25.7. The van der Waals surface area contributed by atoms with Gasteiger partial charge < -0.3 is 14.6 Å². The molecule has 0 spiro atoms. The van der Waals surface area contributed by atoms with E-state index in [2.05, 4.69) is 0 Å². The molecule has 6 nitrogen and oxygen atoms in total. The van der Waals surface area contributed by atoms with Crippen LogP contribution >= 0.6 is 0 Å². The number of carbonyl (C=O) groups excluding carboxylic acids is 2. The van der Waals surface area contributed by atoms with E-state index >= 15 is 0 Å². The normalized spacial score (nSPS) is 11.8. The minimum absolute atomic E-state index is 0.204. The Bertz CT molecular complexity index is 541. The van der Waals surface area contributed by atoms with Crippen LogP contribution in [0.1, 0.15) is 47.1 Å². The molecule has 2 amide bonds. The highest BCUT2D eigenvalue weighted by Gasteiger charge is 2.32. The maximum absolute atomic E-state index is 12.4. The molecule has 128 valence electrons. The second-order valence-corrected chi connectivity index (χ2v) is 7.12. The predicted octanol–water partition coefficient (Wildman–Crippen LogP) is 3.86. The topological polar surface area (TPSA) is 76.1 Å². The first-order chi connectivity index (χ1) is 10.4. The number of hydrogen-bond donors (Lipinski definition) is 1. The van der Waals surface area contributed by atoms with Crippen LogP contribution in [0.4, 0.5) is 15.3 Å². The van der Waals surface area contributed by atoms with Crippen LogP contribution in [0.15, 0.2) is 24.3 Å². The van der Waals surface area contributed by atoms with Gasteiger partial charge in [0.25, 0.3) is 0 Å². The number of benzene rings is 1. The van der Waals surface area contributed by atoms with Gasteiger partial charge in [-0.15, -0.1) is 0 Å². The largest absolute Gasteiger partial charge is 0.443 e. The number of amides is 2. The summed E-state index contributed by atoms with van der Waals surface area (Å²) in [5.41, 5.74) is -0.669. The molecule has 0 atom stereocenters. The molecule has 0 aromatic heterocycles. The molecule has 0 fully saturated rings. The van der Waals surface area contributed by atoms with E-state index in [1.165, 1.54) is 6.07 Å². The summed E-state index contributed by atoms with van der Waals surface area (Å²) in [5.74, 6) is 0. The minimum Gasteiger partial charge on any atom is -0.443 e. The molecular weight excluding hydrogens is 298 g/mol. The average Bonchev–Trinajstić information content (AvgIpc) is 2.34. The van der Waals surface area contributed by atoms with Crippen molar-refractivity contribution in [2.45, 2.75) is 59.4 Å². The summed E-state index contributed by atoms with van der Waals surface area (Å²) in [7, 11) is 0. The molecule has 0 aliphatic rings. The fourth-order valence-corrected chi connectivity index (χ4v) is 1.69. The van der Waals surface area contributed by atoms with Crippen LogP contribution in [0.2, 0.25) is 0 Å². The van der Waals surface area contributed by atoms with Gasteiger partial charge in [0.2, 0.25) is 0 Å². The van der Waals surface area contributed by atoms with Gasteiger partial charge >= 0.3 is 12.2 Å². The van der Waals surface area contributed by atoms with Gasteiger partial charge in [0.05, 0.1) is 12.3 Å². The van der Waals surface area contributed by atoms with E-state index in [4.69, 9.17) is 9.47 Å². The first kappa shape index (κ1) is 19.0. The van der Waals surface area contributed by atoms with Crippen LogP contribution in [0.3, 0.4) is 0 Å². The van der Waals surface area contributed by atoms with Gasteiger partial charge in [-0.25, -0.2) is 9.59 Å². The Hall–Kier alpha value is -2.08. The molecule has 0 heterocycles. The molecule has 23 heavy (non-hydrogen) atoms. The Labute approximate surface area is 137 Å². The van der Waals surface area contributed by atoms with E-state index in [0.717, 1.165) is 4.90 Å². The van der Waals surface area contributed by atoms with Gasteiger partial charge in [-0.3, -0.25) is 0 Å². The molecule has 0 saturated carbocycles. The predicted molar refractivity (Wildman–Crippen MR) is 87.3 cm³/mol. The number of aliphatic hydroxyl groups is 1. The second kappa shape index (κ2) is 7.00. The number of aliphatic hydroxyl groups excluding tert-OH is 1. The van der Waals surface area contributed by atoms with Gasteiger partial charge in [0.15, 0.2) is 0 Å². The van der Waals surface area contributed by atoms with Gasteiger partial charge in [0, 0.05) is 0 Å². The number of ether oxygens (including phenoxy) is 2. The van der Waals surface area contributed by atoms with E-state index in [1.807, 2.05) is 0 Å². The third kappa shape index (κ3) is 6.28. The van der Waals surface area contributed by atoms with Crippen LogP contribution in [0.25, 0.3) is 0 Å². The first-order valence-electron chi connectivity index (χ1n) is 7.39. The van der Waals surface area contributed by atoms with Gasteiger partial charge in [-0.2, -0.15) is 4.90 Å². The summed E-state index contributed by atoms with van der Waals surface area (Å²) >= 11 is 0. The molecule has 0 aliphatic heterocycles. The van der Waals surface area contributed by atoms with E-state index in [9.17, 15) is 14.7 Å². The fourth-order valence-electron chi connectivity index (χ4n) is 1.69. The highest BCUT2D eigenvalue weighted by atomic mass is 16.6. The molecule has 1 rings (SSSR count). The molecule has 0 aliphatic carbocycles. The number of imide groups is 1. The van der Waals surface area contributed by atoms with E-state index < -0.39 is 23.4 Å². The Morgan fingerprint density at radius 2 is 1.48 bits per heavy atom.